The SMILES string of the molecule is C=CCOc1cccc(C2Nc3ccc(Cl)cc3C(=O)N2C)c1. The van der Waals surface area contributed by atoms with E-state index < -0.39 is 0 Å². The first-order valence-corrected chi connectivity index (χ1v) is 7.65. The zero-order chi connectivity index (χ0) is 16.4. The fourth-order valence-electron chi connectivity index (χ4n) is 2.61. The summed E-state index contributed by atoms with van der Waals surface area (Å²) in [5.41, 5.74) is 2.30. The molecule has 0 aromatic heterocycles. The highest BCUT2D eigenvalue weighted by Crippen LogP contribution is 2.34. The van der Waals surface area contributed by atoms with Gasteiger partial charge in [0.15, 0.2) is 0 Å². The van der Waals surface area contributed by atoms with Crippen LogP contribution in [0.4, 0.5) is 5.69 Å². The van der Waals surface area contributed by atoms with Gasteiger partial charge in [-0.05, 0) is 35.9 Å². The number of fused-ring (bicyclic) bond motifs is 1. The largest absolute Gasteiger partial charge is 0.490 e. The van der Waals surface area contributed by atoms with E-state index in [1.54, 1.807) is 30.2 Å². The van der Waals surface area contributed by atoms with Gasteiger partial charge in [0.2, 0.25) is 0 Å². The van der Waals surface area contributed by atoms with E-state index in [4.69, 9.17) is 16.3 Å². The van der Waals surface area contributed by atoms with Crippen molar-refractivity contribution in [2.24, 2.45) is 0 Å². The van der Waals surface area contributed by atoms with Gasteiger partial charge in [-0.2, -0.15) is 0 Å². The molecule has 2 aromatic rings. The van der Waals surface area contributed by atoms with E-state index in [2.05, 4.69) is 11.9 Å². The van der Waals surface area contributed by atoms with Crippen LogP contribution in [0.3, 0.4) is 0 Å². The summed E-state index contributed by atoms with van der Waals surface area (Å²) < 4.78 is 5.57. The van der Waals surface area contributed by atoms with E-state index in [0.717, 1.165) is 17.0 Å². The number of benzene rings is 2. The maximum absolute atomic E-state index is 12.6. The number of amides is 1. The molecular weight excluding hydrogens is 312 g/mol. The minimum atomic E-state index is -0.261. The van der Waals surface area contributed by atoms with E-state index in [-0.39, 0.29) is 12.1 Å². The van der Waals surface area contributed by atoms with Gasteiger partial charge < -0.3 is 15.0 Å². The van der Waals surface area contributed by atoms with Crippen LogP contribution in [0.1, 0.15) is 22.1 Å². The van der Waals surface area contributed by atoms with Gasteiger partial charge in [-0.3, -0.25) is 4.79 Å². The second-order valence-electron chi connectivity index (χ2n) is 5.33. The summed E-state index contributed by atoms with van der Waals surface area (Å²) in [5.74, 6) is 0.676. The number of carbonyl (C=O) groups excluding carboxylic acids is 1. The summed E-state index contributed by atoms with van der Waals surface area (Å²) in [6.45, 7) is 4.08. The van der Waals surface area contributed by atoms with Crippen molar-refractivity contribution in [2.75, 3.05) is 19.0 Å². The molecule has 0 saturated heterocycles. The number of nitrogens with zero attached hydrogens (tertiary/aromatic N) is 1. The second kappa shape index (κ2) is 6.34. The molecular formula is C18H17ClN2O2. The van der Waals surface area contributed by atoms with Crippen LogP contribution in [0.2, 0.25) is 5.02 Å². The summed E-state index contributed by atoms with van der Waals surface area (Å²) in [7, 11) is 1.76. The number of hydrogen-bond acceptors (Lipinski definition) is 3. The monoisotopic (exact) mass is 328 g/mol. The number of hydrogen-bond donors (Lipinski definition) is 1. The number of rotatable bonds is 4. The minimum absolute atomic E-state index is 0.0661. The van der Waals surface area contributed by atoms with Gasteiger partial charge in [-0.15, -0.1) is 0 Å². The fraction of sp³-hybridized carbons (Fsp3) is 0.167. The molecule has 0 radical (unpaired) electrons. The van der Waals surface area contributed by atoms with Gasteiger partial charge in [0.1, 0.15) is 18.5 Å². The molecule has 1 atom stereocenters. The number of halogens is 1. The first kappa shape index (κ1) is 15.4. The first-order valence-electron chi connectivity index (χ1n) is 7.27. The molecule has 0 aliphatic carbocycles. The summed E-state index contributed by atoms with van der Waals surface area (Å²) in [4.78, 5) is 14.3. The van der Waals surface area contributed by atoms with Gasteiger partial charge >= 0.3 is 0 Å². The predicted molar refractivity (Wildman–Crippen MR) is 92.0 cm³/mol. The topological polar surface area (TPSA) is 41.6 Å². The number of ether oxygens (including phenoxy) is 1. The molecule has 1 aliphatic heterocycles. The molecule has 23 heavy (non-hydrogen) atoms. The lowest BCUT2D eigenvalue weighted by Crippen LogP contribution is -2.40. The smallest absolute Gasteiger partial charge is 0.257 e. The molecule has 0 saturated carbocycles. The maximum atomic E-state index is 12.6. The molecule has 4 nitrogen and oxygen atoms in total. The van der Waals surface area contributed by atoms with Crippen molar-refractivity contribution >= 4 is 23.2 Å². The van der Waals surface area contributed by atoms with Gasteiger partial charge in [0, 0.05) is 17.8 Å². The van der Waals surface area contributed by atoms with Crippen LogP contribution in [0.5, 0.6) is 5.75 Å². The summed E-state index contributed by atoms with van der Waals surface area (Å²) in [6, 6.07) is 13.0. The lowest BCUT2D eigenvalue weighted by molar-refractivity contribution is 0.0735. The molecule has 1 aliphatic rings. The van der Waals surface area contributed by atoms with E-state index in [1.165, 1.54) is 0 Å². The summed E-state index contributed by atoms with van der Waals surface area (Å²) in [5, 5.41) is 3.92. The first-order chi connectivity index (χ1) is 11.1. The molecule has 0 bridgehead atoms. The highest BCUT2D eigenvalue weighted by molar-refractivity contribution is 6.31. The molecule has 1 heterocycles. The highest BCUT2D eigenvalue weighted by atomic mass is 35.5. The molecule has 1 amide bonds. The van der Waals surface area contributed by atoms with Crippen LogP contribution in [0, 0.1) is 0 Å². The summed E-state index contributed by atoms with van der Waals surface area (Å²) in [6.07, 6.45) is 1.43. The molecule has 1 N–H and O–H groups in total. The molecule has 3 rings (SSSR count). The third kappa shape index (κ3) is 3.03. The zero-order valence-corrected chi connectivity index (χ0v) is 13.5. The van der Waals surface area contributed by atoms with Crippen molar-refractivity contribution in [3.63, 3.8) is 0 Å². The molecule has 1 unspecified atom stereocenters. The molecule has 2 aromatic carbocycles. The van der Waals surface area contributed by atoms with Crippen molar-refractivity contribution in [3.8, 4) is 5.75 Å². The van der Waals surface area contributed by atoms with Crippen molar-refractivity contribution in [3.05, 3.63) is 71.3 Å². The Morgan fingerprint density at radius 3 is 2.96 bits per heavy atom. The Balaban J connectivity index is 1.93. The average Bonchev–Trinajstić information content (AvgIpc) is 2.57. The Kier molecular flexibility index (Phi) is 4.26. The van der Waals surface area contributed by atoms with Crippen LogP contribution in [0.25, 0.3) is 0 Å². The normalized spacial score (nSPS) is 16.5. The van der Waals surface area contributed by atoms with Crippen LogP contribution < -0.4 is 10.1 Å². The highest BCUT2D eigenvalue weighted by Gasteiger charge is 2.30. The number of nitrogens with one attached hydrogen (secondary N) is 1. The molecule has 5 heteroatoms. The molecule has 0 spiro atoms. The predicted octanol–water partition coefficient (Wildman–Crippen LogP) is 4.10. The molecule has 118 valence electrons. The zero-order valence-electron chi connectivity index (χ0n) is 12.8. The van der Waals surface area contributed by atoms with Gasteiger partial charge in [-0.25, -0.2) is 0 Å². The second-order valence-corrected chi connectivity index (χ2v) is 5.76. The van der Waals surface area contributed by atoms with Gasteiger partial charge in [0.25, 0.3) is 5.91 Å². The van der Waals surface area contributed by atoms with Crippen molar-refractivity contribution in [1.82, 2.24) is 4.90 Å². The van der Waals surface area contributed by atoms with Gasteiger partial charge in [0.05, 0.1) is 5.56 Å². The summed E-state index contributed by atoms with van der Waals surface area (Å²) >= 11 is 5.99. The minimum Gasteiger partial charge on any atom is -0.490 e. The Morgan fingerprint density at radius 1 is 1.35 bits per heavy atom. The van der Waals surface area contributed by atoms with E-state index >= 15 is 0 Å². The Morgan fingerprint density at radius 2 is 2.17 bits per heavy atom. The van der Waals surface area contributed by atoms with Crippen molar-refractivity contribution in [1.29, 1.82) is 0 Å². The van der Waals surface area contributed by atoms with E-state index in [1.807, 2.05) is 30.3 Å². The number of anilines is 1. The fourth-order valence-corrected chi connectivity index (χ4v) is 2.78. The maximum Gasteiger partial charge on any atom is 0.257 e. The Bertz CT molecular complexity index is 760. The van der Waals surface area contributed by atoms with Gasteiger partial charge in [-0.1, -0.05) is 36.4 Å². The lowest BCUT2D eigenvalue weighted by atomic mass is 10.0. The van der Waals surface area contributed by atoms with Crippen LogP contribution >= 0.6 is 11.6 Å². The Labute approximate surface area is 140 Å². The quantitative estimate of drug-likeness (QED) is 0.859. The average molecular weight is 329 g/mol. The lowest BCUT2D eigenvalue weighted by Gasteiger charge is -2.35. The van der Waals surface area contributed by atoms with Crippen LogP contribution in [-0.4, -0.2) is 24.5 Å². The van der Waals surface area contributed by atoms with Crippen molar-refractivity contribution < 1.29 is 9.53 Å². The standard InChI is InChI=1S/C18H17ClN2O2/c1-3-9-23-14-6-4-5-12(10-14)17-20-16-8-7-13(19)11-15(16)18(22)21(17)2/h3-8,10-11,17,20H,1,9H2,2H3. The Hall–Kier alpha value is -2.46. The van der Waals surface area contributed by atoms with E-state index in [9.17, 15) is 4.79 Å². The third-order valence-electron chi connectivity index (χ3n) is 3.75. The van der Waals surface area contributed by atoms with Crippen LogP contribution in [0.15, 0.2) is 55.1 Å². The third-order valence-corrected chi connectivity index (χ3v) is 3.99. The molecule has 0 fully saturated rings. The van der Waals surface area contributed by atoms with Crippen molar-refractivity contribution in [2.45, 2.75) is 6.17 Å². The van der Waals surface area contributed by atoms with Crippen LogP contribution in [-0.2, 0) is 0 Å². The van der Waals surface area contributed by atoms with E-state index in [0.29, 0.717) is 17.2 Å². The number of carbonyl (C=O) groups is 1.